The molecule has 140 valence electrons. The van der Waals surface area contributed by atoms with E-state index in [1.165, 1.54) is 18.2 Å². The van der Waals surface area contributed by atoms with Gasteiger partial charge < -0.3 is 5.32 Å². The molecule has 0 radical (unpaired) electrons. The number of halogens is 4. The number of piperidine rings is 1. The first-order valence-corrected chi connectivity index (χ1v) is 9.60. The van der Waals surface area contributed by atoms with Crippen molar-refractivity contribution in [2.75, 3.05) is 13.1 Å². The Kier molecular flexibility index (Phi) is 5.07. The molecule has 0 aromatic heterocycles. The third-order valence-corrected chi connectivity index (χ3v) is 6.52. The minimum Gasteiger partial charge on any atom is -0.317 e. The highest BCUT2D eigenvalue weighted by Gasteiger charge is 2.52. The summed E-state index contributed by atoms with van der Waals surface area (Å²) in [6.45, 7) is 0.692. The SMILES string of the molecule is O=S(=O)(c1ccc(-c2ccc(F)cc2F)cc1)C(F)(F)C1CCNCC1. The van der Waals surface area contributed by atoms with Crippen LogP contribution in [0.5, 0.6) is 0 Å². The first-order chi connectivity index (χ1) is 12.2. The Hall–Kier alpha value is -1.93. The minimum atomic E-state index is -4.87. The normalized spacial score (nSPS) is 16.6. The van der Waals surface area contributed by atoms with Crippen molar-refractivity contribution in [1.29, 1.82) is 0 Å². The van der Waals surface area contributed by atoms with Crippen molar-refractivity contribution in [1.82, 2.24) is 5.32 Å². The molecule has 0 saturated carbocycles. The average Bonchev–Trinajstić information content (AvgIpc) is 2.62. The molecule has 26 heavy (non-hydrogen) atoms. The molecule has 1 saturated heterocycles. The van der Waals surface area contributed by atoms with Gasteiger partial charge in [0.1, 0.15) is 11.6 Å². The highest BCUT2D eigenvalue weighted by molar-refractivity contribution is 7.92. The summed E-state index contributed by atoms with van der Waals surface area (Å²) in [5, 5.41) is -0.955. The summed E-state index contributed by atoms with van der Waals surface area (Å²) < 4.78 is 80.8. The molecule has 2 aromatic carbocycles. The molecule has 0 bridgehead atoms. The van der Waals surface area contributed by atoms with Crippen molar-refractivity contribution in [3.8, 4) is 11.1 Å². The maximum atomic E-state index is 14.6. The molecule has 1 fully saturated rings. The second-order valence-electron chi connectivity index (χ2n) is 6.24. The average molecular weight is 387 g/mol. The van der Waals surface area contributed by atoms with Crippen molar-refractivity contribution < 1.29 is 26.0 Å². The first kappa shape index (κ1) is 18.8. The van der Waals surface area contributed by atoms with Crippen LogP contribution in [0.25, 0.3) is 11.1 Å². The van der Waals surface area contributed by atoms with Crippen LogP contribution in [0.1, 0.15) is 12.8 Å². The summed E-state index contributed by atoms with van der Waals surface area (Å²) in [5.41, 5.74) is 0.326. The molecule has 3 rings (SSSR count). The zero-order valence-corrected chi connectivity index (χ0v) is 14.5. The van der Waals surface area contributed by atoms with E-state index in [1.807, 2.05) is 0 Å². The molecule has 8 heteroatoms. The minimum absolute atomic E-state index is 0.0560. The van der Waals surface area contributed by atoms with Crippen molar-refractivity contribution in [3.63, 3.8) is 0 Å². The fourth-order valence-corrected chi connectivity index (χ4v) is 4.55. The molecule has 2 aromatic rings. The maximum absolute atomic E-state index is 14.6. The molecular formula is C18H17F4NO2S. The van der Waals surface area contributed by atoms with Crippen molar-refractivity contribution >= 4 is 9.84 Å². The van der Waals surface area contributed by atoms with Crippen LogP contribution in [0.3, 0.4) is 0 Å². The Labute approximate surface area is 149 Å². The second-order valence-corrected chi connectivity index (χ2v) is 8.26. The van der Waals surface area contributed by atoms with Gasteiger partial charge >= 0.3 is 5.25 Å². The third-order valence-electron chi connectivity index (χ3n) is 4.58. The molecule has 3 nitrogen and oxygen atoms in total. The Morgan fingerprint density at radius 2 is 1.58 bits per heavy atom. The first-order valence-electron chi connectivity index (χ1n) is 8.12. The lowest BCUT2D eigenvalue weighted by Crippen LogP contribution is -2.43. The topological polar surface area (TPSA) is 46.2 Å². The monoisotopic (exact) mass is 387 g/mol. The van der Waals surface area contributed by atoms with E-state index in [0.29, 0.717) is 19.2 Å². The molecule has 0 amide bonds. The maximum Gasteiger partial charge on any atom is 0.352 e. The lowest BCUT2D eigenvalue weighted by Gasteiger charge is -2.30. The van der Waals surface area contributed by atoms with Crippen LogP contribution < -0.4 is 5.32 Å². The summed E-state index contributed by atoms with van der Waals surface area (Å²) >= 11 is 0. The molecule has 1 heterocycles. The van der Waals surface area contributed by atoms with E-state index in [9.17, 15) is 26.0 Å². The predicted octanol–water partition coefficient (Wildman–Crippen LogP) is 4.00. The predicted molar refractivity (Wildman–Crippen MR) is 89.5 cm³/mol. The van der Waals surface area contributed by atoms with Gasteiger partial charge in [-0.2, -0.15) is 8.78 Å². The van der Waals surface area contributed by atoms with Gasteiger partial charge in [0.2, 0.25) is 9.84 Å². The van der Waals surface area contributed by atoms with E-state index in [2.05, 4.69) is 5.32 Å². The summed E-state index contributed by atoms with van der Waals surface area (Å²) in [4.78, 5) is -0.521. The van der Waals surface area contributed by atoms with Gasteiger partial charge in [0, 0.05) is 17.5 Å². The second kappa shape index (κ2) is 7.00. The smallest absolute Gasteiger partial charge is 0.317 e. The van der Waals surface area contributed by atoms with E-state index in [0.717, 1.165) is 18.2 Å². The number of hydrogen-bond donors (Lipinski definition) is 1. The van der Waals surface area contributed by atoms with Gasteiger partial charge in [-0.05, 0) is 55.8 Å². The fraction of sp³-hybridized carbons (Fsp3) is 0.333. The van der Waals surface area contributed by atoms with Gasteiger partial charge in [-0.3, -0.25) is 0 Å². The van der Waals surface area contributed by atoms with Crippen LogP contribution in [0.2, 0.25) is 0 Å². The number of benzene rings is 2. The Morgan fingerprint density at radius 1 is 0.962 bits per heavy atom. The summed E-state index contributed by atoms with van der Waals surface area (Å²) in [6.07, 6.45) is 0.149. The quantitative estimate of drug-likeness (QED) is 0.807. The Balaban J connectivity index is 1.91. The van der Waals surface area contributed by atoms with Crippen molar-refractivity contribution in [3.05, 3.63) is 54.1 Å². The van der Waals surface area contributed by atoms with Crippen LogP contribution in [0, 0.1) is 17.6 Å². The van der Waals surface area contributed by atoms with Gasteiger partial charge in [-0.1, -0.05) is 12.1 Å². The molecule has 0 unspecified atom stereocenters. The molecular weight excluding hydrogens is 370 g/mol. The van der Waals surface area contributed by atoms with Crippen LogP contribution in [-0.4, -0.2) is 26.8 Å². The summed E-state index contributed by atoms with van der Waals surface area (Å²) in [7, 11) is -4.87. The molecule has 0 spiro atoms. The van der Waals surface area contributed by atoms with Crippen LogP contribution in [-0.2, 0) is 9.84 Å². The number of alkyl halides is 2. The number of rotatable bonds is 4. The van der Waals surface area contributed by atoms with Crippen molar-refractivity contribution in [2.24, 2.45) is 5.92 Å². The zero-order valence-electron chi connectivity index (χ0n) is 13.7. The summed E-state index contributed by atoms with van der Waals surface area (Å²) in [6, 6.07) is 7.51. The fourth-order valence-electron chi connectivity index (χ4n) is 3.07. The van der Waals surface area contributed by atoms with E-state index in [1.54, 1.807) is 0 Å². The van der Waals surface area contributed by atoms with Crippen LogP contribution in [0.15, 0.2) is 47.4 Å². The molecule has 1 aliphatic rings. The number of nitrogens with one attached hydrogen (secondary N) is 1. The Morgan fingerprint density at radius 3 is 2.15 bits per heavy atom. The van der Waals surface area contributed by atoms with Gasteiger partial charge in [-0.15, -0.1) is 0 Å². The standard InChI is InChI=1S/C18H17F4NO2S/c19-14-3-6-16(17(20)11-14)12-1-4-15(5-2-12)26(24,25)18(21,22)13-7-9-23-10-8-13/h1-6,11,13,23H,7-10H2. The lowest BCUT2D eigenvalue weighted by atomic mass is 9.99. The highest BCUT2D eigenvalue weighted by atomic mass is 32.2. The molecule has 1 aliphatic heterocycles. The largest absolute Gasteiger partial charge is 0.352 e. The van der Waals surface area contributed by atoms with E-state index in [-0.39, 0.29) is 24.0 Å². The van der Waals surface area contributed by atoms with E-state index >= 15 is 0 Å². The lowest BCUT2D eigenvalue weighted by molar-refractivity contribution is 0.0121. The summed E-state index contributed by atoms with van der Waals surface area (Å²) in [5.74, 6) is -2.81. The van der Waals surface area contributed by atoms with E-state index < -0.39 is 37.5 Å². The zero-order chi connectivity index (χ0) is 18.9. The van der Waals surface area contributed by atoms with Gasteiger partial charge in [0.15, 0.2) is 0 Å². The van der Waals surface area contributed by atoms with Gasteiger partial charge in [0.05, 0.1) is 4.90 Å². The van der Waals surface area contributed by atoms with Gasteiger partial charge in [0.25, 0.3) is 0 Å². The highest BCUT2D eigenvalue weighted by Crippen LogP contribution is 2.40. The molecule has 0 atom stereocenters. The van der Waals surface area contributed by atoms with E-state index in [4.69, 9.17) is 0 Å². The van der Waals surface area contributed by atoms with Crippen LogP contribution in [0.4, 0.5) is 17.6 Å². The molecule has 0 aliphatic carbocycles. The van der Waals surface area contributed by atoms with Gasteiger partial charge in [-0.25, -0.2) is 17.2 Å². The number of hydrogen-bond acceptors (Lipinski definition) is 3. The third kappa shape index (κ3) is 3.35. The number of sulfone groups is 1. The molecule has 1 N–H and O–H groups in total. The van der Waals surface area contributed by atoms with Crippen LogP contribution >= 0.6 is 0 Å². The van der Waals surface area contributed by atoms with Crippen molar-refractivity contribution in [2.45, 2.75) is 23.0 Å². The Bertz CT molecular complexity index is 892.